The number of phenols is 1. The highest BCUT2D eigenvalue weighted by Gasteiger charge is 2.33. The fourth-order valence-electron chi connectivity index (χ4n) is 3.36. The van der Waals surface area contributed by atoms with Crippen LogP contribution in [-0.4, -0.2) is 99.4 Å². The smallest absolute Gasteiger partial charge is 0.326 e. The average molecular weight is 569 g/mol. The Morgan fingerprint density at radius 3 is 1.77 bits per heavy atom. The number of nitrogens with two attached hydrogens (primary N) is 2. The summed E-state index contributed by atoms with van der Waals surface area (Å²) in [6.07, 6.45) is -0.881. The predicted octanol–water partition coefficient (Wildman–Crippen LogP) is -4.20. The molecule has 0 spiro atoms. The van der Waals surface area contributed by atoms with Gasteiger partial charge in [0.25, 0.3) is 0 Å². The maximum absolute atomic E-state index is 13.0. The van der Waals surface area contributed by atoms with Crippen LogP contribution in [0.5, 0.6) is 5.75 Å². The Hall–Kier alpha value is -4.28. The van der Waals surface area contributed by atoms with Crippen LogP contribution in [0.25, 0.3) is 0 Å². The SMILES string of the molecule is CC(C)[C@H](NC(=O)[C@H](CO)NC(=O)[C@@H](N)CO)C(=O)N[C@@H](CC(N)=O)C(=O)N[C@@H](Cc1ccc(O)cc1)C(=O)O. The van der Waals surface area contributed by atoms with E-state index in [0.717, 1.165) is 0 Å². The molecule has 0 bridgehead atoms. The highest BCUT2D eigenvalue weighted by Crippen LogP contribution is 2.12. The molecule has 1 rings (SSSR count). The zero-order valence-electron chi connectivity index (χ0n) is 22.0. The number of carbonyl (C=O) groups excluding carboxylic acids is 5. The third-order valence-electron chi connectivity index (χ3n) is 5.62. The lowest BCUT2D eigenvalue weighted by molar-refractivity contribution is -0.142. The van der Waals surface area contributed by atoms with E-state index < -0.39 is 91.3 Å². The van der Waals surface area contributed by atoms with Crippen LogP contribution in [0.15, 0.2) is 24.3 Å². The third-order valence-corrected chi connectivity index (χ3v) is 5.62. The average Bonchev–Trinajstić information content (AvgIpc) is 2.89. The van der Waals surface area contributed by atoms with Crippen molar-refractivity contribution < 1.29 is 49.2 Å². The quantitative estimate of drug-likeness (QED) is 0.0912. The first kappa shape index (κ1) is 33.7. The van der Waals surface area contributed by atoms with E-state index in [1.54, 1.807) is 13.8 Å². The Balaban J connectivity index is 3.03. The molecule has 0 unspecified atom stereocenters. The molecule has 0 aliphatic rings. The molecule has 40 heavy (non-hydrogen) atoms. The van der Waals surface area contributed by atoms with Gasteiger partial charge in [-0.1, -0.05) is 26.0 Å². The summed E-state index contributed by atoms with van der Waals surface area (Å²) in [5.41, 5.74) is 11.1. The fraction of sp³-hybridized carbons (Fsp3) is 0.500. The zero-order chi connectivity index (χ0) is 30.6. The number of phenolic OH excluding ortho intramolecular Hbond substituents is 1. The second-order valence-electron chi connectivity index (χ2n) is 9.26. The fourth-order valence-corrected chi connectivity index (χ4v) is 3.36. The molecule has 5 amide bonds. The van der Waals surface area contributed by atoms with Crippen molar-refractivity contribution in [1.82, 2.24) is 21.3 Å². The van der Waals surface area contributed by atoms with Crippen molar-refractivity contribution in [3.63, 3.8) is 0 Å². The van der Waals surface area contributed by atoms with Crippen molar-refractivity contribution in [2.24, 2.45) is 17.4 Å². The second-order valence-corrected chi connectivity index (χ2v) is 9.26. The predicted molar refractivity (Wildman–Crippen MR) is 138 cm³/mol. The van der Waals surface area contributed by atoms with E-state index in [4.69, 9.17) is 16.6 Å². The summed E-state index contributed by atoms with van der Waals surface area (Å²) in [6, 6.07) is -1.72. The summed E-state index contributed by atoms with van der Waals surface area (Å²) < 4.78 is 0. The number of aliphatic hydroxyl groups excluding tert-OH is 2. The number of aromatic hydroxyl groups is 1. The Morgan fingerprint density at radius 1 is 0.775 bits per heavy atom. The molecule has 0 fully saturated rings. The van der Waals surface area contributed by atoms with Gasteiger partial charge in [-0.3, -0.25) is 24.0 Å². The Bertz CT molecular complexity index is 1060. The van der Waals surface area contributed by atoms with E-state index in [9.17, 15) is 44.1 Å². The third kappa shape index (κ3) is 10.8. The Kier molecular flexibility index (Phi) is 13.5. The van der Waals surface area contributed by atoms with Crippen LogP contribution in [0.1, 0.15) is 25.8 Å². The lowest BCUT2D eigenvalue weighted by Gasteiger charge is -2.27. The van der Waals surface area contributed by atoms with Crippen LogP contribution >= 0.6 is 0 Å². The standard InChI is InChI=1S/C24H36N6O10/c1-11(2)19(30-22(37)17(10-32)29-20(35)14(25)9-31)23(38)27-15(8-18(26)34)21(36)28-16(24(39)40)7-12-3-5-13(33)6-4-12/h3-6,11,14-17,19,31-33H,7-10,25H2,1-2H3,(H2,26,34)(H,27,38)(H,28,36)(H,29,35)(H,30,37)(H,39,40)/t14-,15-,16-,17-,19-/m0/s1. The van der Waals surface area contributed by atoms with Crippen LogP contribution in [0, 0.1) is 5.92 Å². The monoisotopic (exact) mass is 568 g/mol. The lowest BCUT2D eigenvalue weighted by Crippen LogP contribution is -2.60. The Morgan fingerprint density at radius 2 is 1.30 bits per heavy atom. The number of aliphatic hydroxyl groups is 2. The number of carbonyl (C=O) groups is 6. The van der Waals surface area contributed by atoms with Gasteiger partial charge in [0.05, 0.1) is 19.6 Å². The molecule has 1 aromatic carbocycles. The minimum Gasteiger partial charge on any atom is -0.508 e. The topological polar surface area (TPSA) is 284 Å². The summed E-state index contributed by atoms with van der Waals surface area (Å²) in [4.78, 5) is 73.9. The number of rotatable bonds is 16. The first-order valence-corrected chi connectivity index (χ1v) is 12.2. The first-order valence-electron chi connectivity index (χ1n) is 12.2. The lowest BCUT2D eigenvalue weighted by atomic mass is 10.0. The number of hydrogen-bond acceptors (Lipinski definition) is 10. The van der Waals surface area contributed by atoms with Crippen LogP contribution in [0.2, 0.25) is 0 Å². The molecule has 222 valence electrons. The van der Waals surface area contributed by atoms with Crippen molar-refractivity contribution in [2.75, 3.05) is 13.2 Å². The molecule has 0 saturated heterocycles. The molecule has 1 aromatic rings. The second kappa shape index (κ2) is 16.0. The van der Waals surface area contributed by atoms with E-state index in [0.29, 0.717) is 5.56 Å². The molecule has 0 aromatic heterocycles. The summed E-state index contributed by atoms with van der Waals surface area (Å²) in [5.74, 6) is -6.92. The Labute approximate surface area is 229 Å². The number of benzene rings is 1. The highest BCUT2D eigenvalue weighted by atomic mass is 16.4. The number of hydrogen-bond donors (Lipinski definition) is 10. The summed E-state index contributed by atoms with van der Waals surface area (Å²) in [6.45, 7) is 1.50. The van der Waals surface area contributed by atoms with E-state index >= 15 is 0 Å². The van der Waals surface area contributed by atoms with Crippen LogP contribution in [0.3, 0.4) is 0 Å². The number of carboxylic acid groups (broad SMARTS) is 1. The minimum atomic E-state index is -1.61. The van der Waals surface area contributed by atoms with Crippen molar-refractivity contribution >= 4 is 35.5 Å². The summed E-state index contributed by atoms with van der Waals surface area (Å²) in [7, 11) is 0. The first-order chi connectivity index (χ1) is 18.7. The van der Waals surface area contributed by atoms with Gasteiger partial charge in [0.15, 0.2) is 0 Å². The van der Waals surface area contributed by atoms with Gasteiger partial charge >= 0.3 is 5.97 Å². The van der Waals surface area contributed by atoms with E-state index in [-0.39, 0.29) is 12.2 Å². The molecular formula is C24H36N6O10. The number of nitrogens with one attached hydrogen (secondary N) is 4. The van der Waals surface area contributed by atoms with Crippen LogP contribution in [-0.2, 0) is 35.2 Å². The summed E-state index contributed by atoms with van der Waals surface area (Å²) in [5, 5.41) is 46.4. The van der Waals surface area contributed by atoms with Crippen molar-refractivity contribution in [3.05, 3.63) is 29.8 Å². The van der Waals surface area contributed by atoms with Crippen LogP contribution < -0.4 is 32.7 Å². The van der Waals surface area contributed by atoms with E-state index in [1.165, 1.54) is 24.3 Å². The molecule has 16 heteroatoms. The normalized spacial score (nSPS) is 14.7. The molecule has 5 atom stereocenters. The molecule has 0 saturated carbocycles. The molecular weight excluding hydrogens is 532 g/mol. The molecule has 12 N–H and O–H groups in total. The van der Waals surface area contributed by atoms with Gasteiger partial charge in [0.2, 0.25) is 29.5 Å². The summed E-state index contributed by atoms with van der Waals surface area (Å²) >= 11 is 0. The van der Waals surface area contributed by atoms with Crippen LogP contribution in [0.4, 0.5) is 0 Å². The van der Waals surface area contributed by atoms with Crippen molar-refractivity contribution in [1.29, 1.82) is 0 Å². The van der Waals surface area contributed by atoms with Gasteiger partial charge < -0.3 is 53.2 Å². The number of aliphatic carboxylic acids is 1. The maximum Gasteiger partial charge on any atom is 0.326 e. The number of amides is 5. The minimum absolute atomic E-state index is 0.0443. The van der Waals surface area contributed by atoms with Crippen molar-refractivity contribution in [3.8, 4) is 5.75 Å². The zero-order valence-corrected chi connectivity index (χ0v) is 22.0. The highest BCUT2D eigenvalue weighted by molar-refractivity contribution is 5.97. The number of carboxylic acids is 1. The van der Waals surface area contributed by atoms with E-state index in [2.05, 4.69) is 21.3 Å². The van der Waals surface area contributed by atoms with Gasteiger partial charge in [0.1, 0.15) is 36.0 Å². The molecule has 0 radical (unpaired) electrons. The largest absolute Gasteiger partial charge is 0.508 e. The molecule has 0 heterocycles. The maximum atomic E-state index is 13.0. The molecule has 0 aliphatic heterocycles. The van der Waals surface area contributed by atoms with E-state index in [1.807, 2.05) is 0 Å². The number of primary amides is 1. The van der Waals surface area contributed by atoms with Gasteiger partial charge in [-0.05, 0) is 23.6 Å². The van der Waals surface area contributed by atoms with Gasteiger partial charge in [-0.2, -0.15) is 0 Å². The molecule has 0 aliphatic carbocycles. The molecule has 16 nitrogen and oxygen atoms in total. The van der Waals surface area contributed by atoms with Gasteiger partial charge in [-0.25, -0.2) is 4.79 Å². The van der Waals surface area contributed by atoms with Gasteiger partial charge in [0, 0.05) is 6.42 Å². The van der Waals surface area contributed by atoms with Gasteiger partial charge in [-0.15, -0.1) is 0 Å². The van der Waals surface area contributed by atoms with Crippen molar-refractivity contribution in [2.45, 2.75) is 56.9 Å².